The molecule has 1 spiro atoms. The van der Waals surface area contributed by atoms with E-state index >= 15 is 0 Å². The predicted molar refractivity (Wildman–Crippen MR) is 40.6 cm³/mol. The monoisotopic (exact) mass is 167 g/mol. The van der Waals surface area contributed by atoms with Crippen LogP contribution in [0, 0.1) is 0 Å². The number of ketones is 1. The SMILES string of the molecule is COC(=O)N1CCC(=O)C12C=C2. The van der Waals surface area contributed by atoms with Crippen LogP contribution in [-0.2, 0) is 9.53 Å². The van der Waals surface area contributed by atoms with Gasteiger partial charge in [-0.25, -0.2) is 4.79 Å². The molecule has 4 nitrogen and oxygen atoms in total. The molecule has 0 aromatic carbocycles. The van der Waals surface area contributed by atoms with Crippen LogP contribution in [0.5, 0.6) is 0 Å². The minimum Gasteiger partial charge on any atom is -0.453 e. The van der Waals surface area contributed by atoms with E-state index in [1.807, 2.05) is 0 Å². The summed E-state index contributed by atoms with van der Waals surface area (Å²) in [6.07, 6.45) is 3.48. The second-order valence-electron chi connectivity index (χ2n) is 2.95. The Morgan fingerprint density at radius 2 is 2.33 bits per heavy atom. The number of likely N-dealkylation sites (tertiary alicyclic amines) is 1. The Balaban J connectivity index is 2.19. The fourth-order valence-corrected chi connectivity index (χ4v) is 1.55. The lowest BCUT2D eigenvalue weighted by Gasteiger charge is -2.21. The molecule has 4 heteroatoms. The summed E-state index contributed by atoms with van der Waals surface area (Å²) in [4.78, 5) is 23.9. The van der Waals surface area contributed by atoms with Crippen LogP contribution < -0.4 is 0 Å². The molecule has 0 radical (unpaired) electrons. The average Bonchev–Trinajstić information content (AvgIpc) is 2.78. The van der Waals surface area contributed by atoms with Gasteiger partial charge in [-0.1, -0.05) is 0 Å². The Bertz CT molecular complexity index is 276. The second-order valence-corrected chi connectivity index (χ2v) is 2.95. The first kappa shape index (κ1) is 7.34. The zero-order valence-corrected chi connectivity index (χ0v) is 6.74. The van der Waals surface area contributed by atoms with Gasteiger partial charge in [0.1, 0.15) is 5.54 Å². The quantitative estimate of drug-likeness (QED) is 0.488. The molecule has 1 aliphatic carbocycles. The fourth-order valence-electron chi connectivity index (χ4n) is 1.55. The van der Waals surface area contributed by atoms with E-state index in [9.17, 15) is 9.59 Å². The molecule has 0 N–H and O–H groups in total. The maximum absolute atomic E-state index is 11.3. The Morgan fingerprint density at radius 1 is 1.67 bits per heavy atom. The number of ether oxygens (including phenoxy) is 1. The molecule has 64 valence electrons. The second kappa shape index (κ2) is 2.09. The molecule has 0 aromatic heterocycles. The van der Waals surface area contributed by atoms with Crippen LogP contribution in [0.25, 0.3) is 0 Å². The summed E-state index contributed by atoms with van der Waals surface area (Å²) in [6.45, 7) is 0.471. The molecule has 0 unspecified atom stereocenters. The van der Waals surface area contributed by atoms with Gasteiger partial charge in [-0.2, -0.15) is 0 Å². The number of carbonyl (C=O) groups is 2. The van der Waals surface area contributed by atoms with Crippen LogP contribution in [0.15, 0.2) is 12.2 Å². The Labute approximate surface area is 69.8 Å². The van der Waals surface area contributed by atoms with Crippen molar-refractivity contribution in [3.05, 3.63) is 12.2 Å². The highest BCUT2D eigenvalue weighted by atomic mass is 16.5. The van der Waals surface area contributed by atoms with Gasteiger partial charge in [-0.05, 0) is 12.2 Å². The highest BCUT2D eigenvalue weighted by molar-refractivity contribution is 6.02. The van der Waals surface area contributed by atoms with Crippen LogP contribution >= 0.6 is 0 Å². The first-order valence-corrected chi connectivity index (χ1v) is 3.80. The van der Waals surface area contributed by atoms with Gasteiger partial charge in [0, 0.05) is 13.0 Å². The summed E-state index contributed by atoms with van der Waals surface area (Å²) >= 11 is 0. The largest absolute Gasteiger partial charge is 0.453 e. The Morgan fingerprint density at radius 3 is 2.83 bits per heavy atom. The van der Waals surface area contributed by atoms with Crippen molar-refractivity contribution in [2.24, 2.45) is 0 Å². The Kier molecular flexibility index (Phi) is 1.28. The molecule has 1 fully saturated rings. The van der Waals surface area contributed by atoms with Crippen LogP contribution in [0.4, 0.5) is 4.79 Å². The van der Waals surface area contributed by atoms with Gasteiger partial charge in [0.05, 0.1) is 7.11 Å². The number of Topliss-reactive ketones (excluding diaryl/α,β-unsaturated/α-hetero) is 1. The molecule has 1 heterocycles. The van der Waals surface area contributed by atoms with Crippen molar-refractivity contribution in [1.29, 1.82) is 0 Å². The molecular weight excluding hydrogens is 158 g/mol. The number of carbonyl (C=O) groups excluding carboxylic acids is 2. The van der Waals surface area contributed by atoms with Crippen molar-refractivity contribution in [1.82, 2.24) is 4.90 Å². The number of rotatable bonds is 0. The van der Waals surface area contributed by atoms with Gasteiger partial charge in [0.15, 0.2) is 5.78 Å². The van der Waals surface area contributed by atoms with E-state index in [1.54, 1.807) is 12.2 Å². The van der Waals surface area contributed by atoms with E-state index in [4.69, 9.17) is 0 Å². The Hall–Kier alpha value is -1.32. The summed E-state index contributed by atoms with van der Waals surface area (Å²) in [5.74, 6) is 0.0906. The maximum Gasteiger partial charge on any atom is 0.410 e. The molecule has 1 amide bonds. The average molecular weight is 167 g/mol. The topological polar surface area (TPSA) is 46.6 Å². The minimum absolute atomic E-state index is 0.0906. The number of hydrogen-bond donors (Lipinski definition) is 0. The van der Waals surface area contributed by atoms with Crippen molar-refractivity contribution in [2.45, 2.75) is 12.0 Å². The lowest BCUT2D eigenvalue weighted by Crippen LogP contribution is -2.41. The van der Waals surface area contributed by atoms with Gasteiger partial charge in [-0.3, -0.25) is 9.69 Å². The molecule has 0 aromatic rings. The molecule has 0 saturated carbocycles. The van der Waals surface area contributed by atoms with Gasteiger partial charge in [-0.15, -0.1) is 0 Å². The third kappa shape index (κ3) is 0.719. The van der Waals surface area contributed by atoms with Gasteiger partial charge >= 0.3 is 6.09 Å². The van der Waals surface area contributed by atoms with Crippen molar-refractivity contribution in [3.63, 3.8) is 0 Å². The standard InChI is InChI=1S/C8H9NO3/c1-12-7(11)9-5-2-6(10)8(9)3-4-8/h3-4H,2,5H2,1H3. The predicted octanol–water partition coefficient (Wildman–Crippen LogP) is 0.336. The summed E-state index contributed by atoms with van der Waals surface area (Å²) in [5, 5.41) is 0. The summed E-state index contributed by atoms with van der Waals surface area (Å²) < 4.78 is 4.55. The van der Waals surface area contributed by atoms with Gasteiger partial charge in [0.2, 0.25) is 0 Å². The molecule has 2 aliphatic rings. The highest BCUT2D eigenvalue weighted by Crippen LogP contribution is 2.38. The first-order valence-electron chi connectivity index (χ1n) is 3.80. The van der Waals surface area contributed by atoms with E-state index < -0.39 is 11.6 Å². The fraction of sp³-hybridized carbons (Fsp3) is 0.500. The van der Waals surface area contributed by atoms with E-state index in [0.29, 0.717) is 13.0 Å². The molecule has 0 bridgehead atoms. The molecule has 2 rings (SSSR count). The number of methoxy groups -OCH3 is 1. The maximum atomic E-state index is 11.3. The summed E-state index contributed by atoms with van der Waals surface area (Å²) in [6, 6.07) is 0. The van der Waals surface area contributed by atoms with Gasteiger partial charge in [0.25, 0.3) is 0 Å². The van der Waals surface area contributed by atoms with E-state index in [1.165, 1.54) is 12.0 Å². The number of nitrogens with zero attached hydrogens (tertiary/aromatic N) is 1. The molecule has 1 saturated heterocycles. The van der Waals surface area contributed by atoms with E-state index in [0.717, 1.165) is 0 Å². The lowest BCUT2D eigenvalue weighted by atomic mass is 10.1. The molecular formula is C8H9NO3. The minimum atomic E-state index is -0.687. The van der Waals surface area contributed by atoms with E-state index in [2.05, 4.69) is 4.74 Å². The normalized spacial score (nSPS) is 23.4. The van der Waals surface area contributed by atoms with Crippen LogP contribution in [0.2, 0.25) is 0 Å². The van der Waals surface area contributed by atoms with Gasteiger partial charge < -0.3 is 4.74 Å². The summed E-state index contributed by atoms with van der Waals surface area (Å²) in [7, 11) is 1.32. The zero-order chi connectivity index (χ0) is 8.77. The first-order chi connectivity index (χ1) is 5.70. The zero-order valence-electron chi connectivity index (χ0n) is 6.74. The summed E-state index contributed by atoms with van der Waals surface area (Å²) in [5.41, 5.74) is -0.687. The molecule has 12 heavy (non-hydrogen) atoms. The third-order valence-electron chi connectivity index (χ3n) is 2.33. The molecule has 1 aliphatic heterocycles. The van der Waals surface area contributed by atoms with Crippen molar-refractivity contribution >= 4 is 11.9 Å². The van der Waals surface area contributed by atoms with Crippen molar-refractivity contribution in [3.8, 4) is 0 Å². The van der Waals surface area contributed by atoms with E-state index in [-0.39, 0.29) is 5.78 Å². The van der Waals surface area contributed by atoms with Crippen LogP contribution in [-0.4, -0.2) is 36.0 Å². The number of hydrogen-bond acceptors (Lipinski definition) is 3. The number of amides is 1. The third-order valence-corrected chi connectivity index (χ3v) is 2.33. The molecule has 0 atom stereocenters. The smallest absolute Gasteiger partial charge is 0.410 e. The highest BCUT2D eigenvalue weighted by Gasteiger charge is 2.54. The van der Waals surface area contributed by atoms with Crippen LogP contribution in [0.3, 0.4) is 0 Å². The lowest BCUT2D eigenvalue weighted by molar-refractivity contribution is -0.119. The van der Waals surface area contributed by atoms with Crippen molar-refractivity contribution < 1.29 is 14.3 Å². The van der Waals surface area contributed by atoms with Crippen molar-refractivity contribution in [2.75, 3.05) is 13.7 Å². The van der Waals surface area contributed by atoms with Crippen LogP contribution in [0.1, 0.15) is 6.42 Å².